The molecule has 0 radical (unpaired) electrons. The standard InChI is InChI=1S/C19H22N2O3/c1-13(10-14-8-9-17(22-2)18(11-14)23-3)12-20-19-21-15-6-4-5-7-16(15)24-19/h4-9,11,13H,10,12H2,1-3H3,(H,20,21). The highest BCUT2D eigenvalue weighted by molar-refractivity contribution is 5.74. The molecule has 0 aliphatic heterocycles. The van der Waals surface area contributed by atoms with Crippen LogP contribution in [0.25, 0.3) is 11.1 Å². The van der Waals surface area contributed by atoms with E-state index in [0.29, 0.717) is 11.9 Å². The number of benzene rings is 2. The Morgan fingerprint density at radius 1 is 1.08 bits per heavy atom. The highest BCUT2D eigenvalue weighted by atomic mass is 16.5. The monoisotopic (exact) mass is 326 g/mol. The summed E-state index contributed by atoms with van der Waals surface area (Å²) < 4.78 is 16.3. The molecule has 1 aromatic heterocycles. The molecule has 1 unspecified atom stereocenters. The van der Waals surface area contributed by atoms with Gasteiger partial charge in [0.05, 0.1) is 14.2 Å². The number of methoxy groups -OCH3 is 2. The van der Waals surface area contributed by atoms with E-state index in [-0.39, 0.29) is 0 Å². The summed E-state index contributed by atoms with van der Waals surface area (Å²) in [6.07, 6.45) is 0.924. The second-order valence-corrected chi connectivity index (χ2v) is 5.87. The van der Waals surface area contributed by atoms with Crippen LogP contribution < -0.4 is 14.8 Å². The van der Waals surface area contributed by atoms with Gasteiger partial charge in [-0.05, 0) is 42.2 Å². The van der Waals surface area contributed by atoms with Crippen molar-refractivity contribution in [1.82, 2.24) is 4.98 Å². The van der Waals surface area contributed by atoms with E-state index in [2.05, 4.69) is 23.3 Å². The molecular formula is C19H22N2O3. The molecule has 5 nitrogen and oxygen atoms in total. The number of aromatic nitrogens is 1. The third-order valence-corrected chi connectivity index (χ3v) is 3.93. The summed E-state index contributed by atoms with van der Waals surface area (Å²) in [5, 5.41) is 3.27. The molecule has 0 saturated carbocycles. The van der Waals surface area contributed by atoms with Crippen LogP contribution in [-0.4, -0.2) is 25.7 Å². The van der Waals surface area contributed by atoms with E-state index < -0.39 is 0 Å². The summed E-state index contributed by atoms with van der Waals surface area (Å²) in [5.41, 5.74) is 2.87. The van der Waals surface area contributed by atoms with Crippen LogP contribution in [0, 0.1) is 5.92 Å². The lowest BCUT2D eigenvalue weighted by Crippen LogP contribution is -2.13. The Kier molecular flexibility index (Phi) is 4.89. The van der Waals surface area contributed by atoms with Crippen LogP contribution in [0.2, 0.25) is 0 Å². The van der Waals surface area contributed by atoms with Gasteiger partial charge in [-0.2, -0.15) is 4.98 Å². The normalized spacial score (nSPS) is 12.1. The molecule has 0 amide bonds. The second kappa shape index (κ2) is 7.25. The number of fused-ring (bicyclic) bond motifs is 1. The lowest BCUT2D eigenvalue weighted by Gasteiger charge is -2.14. The van der Waals surface area contributed by atoms with E-state index in [0.717, 1.165) is 35.6 Å². The van der Waals surface area contributed by atoms with Crippen molar-refractivity contribution >= 4 is 17.1 Å². The topological polar surface area (TPSA) is 56.5 Å². The fourth-order valence-corrected chi connectivity index (χ4v) is 2.69. The van der Waals surface area contributed by atoms with Gasteiger partial charge in [0.15, 0.2) is 17.1 Å². The van der Waals surface area contributed by atoms with Crippen molar-refractivity contribution in [3.63, 3.8) is 0 Å². The molecule has 1 N–H and O–H groups in total. The van der Waals surface area contributed by atoms with Crippen LogP contribution in [0.5, 0.6) is 11.5 Å². The minimum Gasteiger partial charge on any atom is -0.493 e. The number of rotatable bonds is 7. The number of nitrogens with one attached hydrogen (secondary N) is 1. The zero-order chi connectivity index (χ0) is 16.9. The molecule has 0 bridgehead atoms. The smallest absolute Gasteiger partial charge is 0.295 e. The van der Waals surface area contributed by atoms with Crippen LogP contribution in [0.3, 0.4) is 0 Å². The van der Waals surface area contributed by atoms with Crippen LogP contribution >= 0.6 is 0 Å². The Bertz CT molecular complexity index is 780. The molecule has 1 heterocycles. The second-order valence-electron chi connectivity index (χ2n) is 5.87. The van der Waals surface area contributed by atoms with Gasteiger partial charge < -0.3 is 19.2 Å². The quantitative estimate of drug-likeness (QED) is 0.707. The Hall–Kier alpha value is -2.69. The van der Waals surface area contributed by atoms with Crippen molar-refractivity contribution in [1.29, 1.82) is 0 Å². The van der Waals surface area contributed by atoms with E-state index in [1.54, 1.807) is 14.2 Å². The largest absolute Gasteiger partial charge is 0.493 e. The molecule has 0 aliphatic rings. The summed E-state index contributed by atoms with van der Waals surface area (Å²) in [6.45, 7) is 2.97. The fraction of sp³-hybridized carbons (Fsp3) is 0.316. The lowest BCUT2D eigenvalue weighted by molar-refractivity contribution is 0.354. The average Bonchev–Trinajstić information content (AvgIpc) is 3.03. The van der Waals surface area contributed by atoms with Gasteiger partial charge in [0.25, 0.3) is 6.01 Å². The van der Waals surface area contributed by atoms with Crippen molar-refractivity contribution in [2.45, 2.75) is 13.3 Å². The third-order valence-electron chi connectivity index (χ3n) is 3.93. The number of anilines is 1. The zero-order valence-corrected chi connectivity index (χ0v) is 14.2. The van der Waals surface area contributed by atoms with Crippen molar-refractivity contribution in [3.8, 4) is 11.5 Å². The molecule has 126 valence electrons. The van der Waals surface area contributed by atoms with Gasteiger partial charge >= 0.3 is 0 Å². The maximum Gasteiger partial charge on any atom is 0.295 e. The number of nitrogens with zero attached hydrogens (tertiary/aromatic N) is 1. The molecule has 3 aromatic rings. The van der Waals surface area contributed by atoms with Crippen LogP contribution in [-0.2, 0) is 6.42 Å². The van der Waals surface area contributed by atoms with Crippen LogP contribution in [0.4, 0.5) is 6.01 Å². The summed E-state index contributed by atoms with van der Waals surface area (Å²) in [5.74, 6) is 1.92. The molecule has 2 aromatic carbocycles. The lowest BCUT2D eigenvalue weighted by atomic mass is 10.0. The molecule has 0 spiro atoms. The minimum absolute atomic E-state index is 0.415. The van der Waals surface area contributed by atoms with Gasteiger partial charge in [0.2, 0.25) is 0 Å². The molecule has 0 aliphatic carbocycles. The Morgan fingerprint density at radius 2 is 1.88 bits per heavy atom. The highest BCUT2D eigenvalue weighted by Gasteiger charge is 2.10. The predicted molar refractivity (Wildman–Crippen MR) is 94.9 cm³/mol. The summed E-state index contributed by atoms with van der Waals surface area (Å²) >= 11 is 0. The average molecular weight is 326 g/mol. The molecule has 0 fully saturated rings. The van der Waals surface area contributed by atoms with E-state index in [1.165, 1.54) is 5.56 Å². The van der Waals surface area contributed by atoms with Crippen molar-refractivity contribution in [2.75, 3.05) is 26.1 Å². The highest BCUT2D eigenvalue weighted by Crippen LogP contribution is 2.28. The van der Waals surface area contributed by atoms with Gasteiger partial charge in [0, 0.05) is 6.54 Å². The number of ether oxygens (including phenoxy) is 2. The van der Waals surface area contributed by atoms with Crippen molar-refractivity contribution < 1.29 is 13.9 Å². The number of oxazole rings is 1. The van der Waals surface area contributed by atoms with Crippen LogP contribution in [0.15, 0.2) is 46.9 Å². The van der Waals surface area contributed by atoms with Gasteiger partial charge in [-0.25, -0.2) is 0 Å². The zero-order valence-electron chi connectivity index (χ0n) is 14.2. The Labute approximate surface area is 141 Å². The maximum absolute atomic E-state index is 5.68. The first-order valence-electron chi connectivity index (χ1n) is 8.00. The first-order valence-corrected chi connectivity index (χ1v) is 8.00. The van der Waals surface area contributed by atoms with E-state index in [1.807, 2.05) is 36.4 Å². The molecule has 5 heteroatoms. The van der Waals surface area contributed by atoms with Gasteiger partial charge in [-0.15, -0.1) is 0 Å². The number of hydrogen-bond acceptors (Lipinski definition) is 5. The molecule has 3 rings (SSSR count). The van der Waals surface area contributed by atoms with E-state index in [9.17, 15) is 0 Å². The SMILES string of the molecule is COc1ccc(CC(C)CNc2nc3ccccc3o2)cc1OC. The summed E-state index contributed by atoms with van der Waals surface area (Å²) in [6, 6.07) is 14.3. The molecule has 1 atom stereocenters. The predicted octanol–water partition coefficient (Wildman–Crippen LogP) is 4.14. The van der Waals surface area contributed by atoms with Gasteiger partial charge in [-0.1, -0.05) is 25.1 Å². The summed E-state index contributed by atoms with van der Waals surface area (Å²) in [4.78, 5) is 4.43. The van der Waals surface area contributed by atoms with Crippen molar-refractivity contribution in [2.24, 2.45) is 5.92 Å². The molecular weight excluding hydrogens is 304 g/mol. The fourth-order valence-electron chi connectivity index (χ4n) is 2.69. The first kappa shape index (κ1) is 16.2. The Balaban J connectivity index is 1.60. The van der Waals surface area contributed by atoms with Crippen molar-refractivity contribution in [3.05, 3.63) is 48.0 Å². The van der Waals surface area contributed by atoms with E-state index >= 15 is 0 Å². The third kappa shape index (κ3) is 3.62. The van der Waals surface area contributed by atoms with Gasteiger partial charge in [0.1, 0.15) is 5.52 Å². The molecule has 0 saturated heterocycles. The number of para-hydroxylation sites is 2. The number of hydrogen-bond donors (Lipinski definition) is 1. The Morgan fingerprint density at radius 3 is 2.62 bits per heavy atom. The van der Waals surface area contributed by atoms with E-state index in [4.69, 9.17) is 13.9 Å². The van der Waals surface area contributed by atoms with Crippen LogP contribution in [0.1, 0.15) is 12.5 Å². The summed E-state index contributed by atoms with van der Waals surface area (Å²) in [7, 11) is 3.30. The maximum atomic E-state index is 5.68. The van der Waals surface area contributed by atoms with Gasteiger partial charge in [-0.3, -0.25) is 0 Å². The first-order chi connectivity index (χ1) is 11.7. The minimum atomic E-state index is 0.415. The molecule has 24 heavy (non-hydrogen) atoms.